The zero-order chi connectivity index (χ0) is 23.9. The van der Waals surface area contributed by atoms with E-state index in [2.05, 4.69) is 10.2 Å². The van der Waals surface area contributed by atoms with E-state index in [0.717, 1.165) is 36.9 Å². The normalized spacial score (nSPS) is 14.0. The van der Waals surface area contributed by atoms with Crippen molar-refractivity contribution in [2.24, 2.45) is 0 Å². The number of hydrogen-bond donors (Lipinski definition) is 0. The Morgan fingerprint density at radius 1 is 0.971 bits per heavy atom. The Balaban J connectivity index is 1.65. The highest BCUT2D eigenvalue weighted by Gasteiger charge is 2.22. The molecule has 0 atom stereocenters. The van der Waals surface area contributed by atoms with E-state index in [1.807, 2.05) is 47.0 Å². The summed E-state index contributed by atoms with van der Waals surface area (Å²) in [5.41, 5.74) is 1.61. The number of methoxy groups -OCH3 is 3. The first-order valence-electron chi connectivity index (χ1n) is 11.3. The van der Waals surface area contributed by atoms with E-state index in [1.54, 1.807) is 21.3 Å². The number of para-hydroxylation sites is 1. The lowest BCUT2D eigenvalue weighted by atomic mass is 9.98. The summed E-state index contributed by atoms with van der Waals surface area (Å²) in [5.74, 6) is 2.06. The van der Waals surface area contributed by atoms with Gasteiger partial charge in [-0.05, 0) is 49.9 Å². The quantitative estimate of drug-likeness (QED) is 0.313. The summed E-state index contributed by atoms with van der Waals surface area (Å²) >= 11 is 1.31. The van der Waals surface area contributed by atoms with Gasteiger partial charge in [0.25, 0.3) is 0 Å². The highest BCUT2D eigenvalue weighted by Crippen LogP contribution is 2.41. The van der Waals surface area contributed by atoms with E-state index in [1.165, 1.54) is 18.2 Å². The van der Waals surface area contributed by atoms with Crippen molar-refractivity contribution in [3.63, 3.8) is 0 Å². The third-order valence-electron chi connectivity index (χ3n) is 5.74. The van der Waals surface area contributed by atoms with Crippen LogP contribution in [0.25, 0.3) is 17.1 Å². The van der Waals surface area contributed by atoms with Crippen LogP contribution in [-0.2, 0) is 9.53 Å². The number of ether oxygens (including phenoxy) is 4. The molecular formula is C25H29N3O5S. The molecule has 3 aromatic rings. The van der Waals surface area contributed by atoms with Gasteiger partial charge in [0.1, 0.15) is 6.10 Å². The molecule has 8 nitrogen and oxygen atoms in total. The lowest BCUT2D eigenvalue weighted by molar-refractivity contribution is -0.147. The number of nitrogens with zero attached hydrogens (tertiary/aromatic N) is 3. The SMILES string of the molecule is COc1cc(-c2nnc(SCC(=O)OC3CCCCC3)n2-c2ccccc2)cc(OC)c1OC. The molecule has 180 valence electrons. The van der Waals surface area contributed by atoms with E-state index < -0.39 is 0 Å². The molecule has 4 rings (SSSR count). The third kappa shape index (κ3) is 5.30. The van der Waals surface area contributed by atoms with Gasteiger partial charge in [0.05, 0.1) is 27.1 Å². The first kappa shape index (κ1) is 23.9. The van der Waals surface area contributed by atoms with Gasteiger partial charge < -0.3 is 18.9 Å². The van der Waals surface area contributed by atoms with Gasteiger partial charge in [-0.3, -0.25) is 9.36 Å². The van der Waals surface area contributed by atoms with Crippen molar-refractivity contribution in [3.8, 4) is 34.3 Å². The molecule has 0 spiro atoms. The molecule has 1 aliphatic rings. The van der Waals surface area contributed by atoms with Crippen molar-refractivity contribution in [2.75, 3.05) is 27.1 Å². The van der Waals surface area contributed by atoms with Crippen LogP contribution in [-0.4, -0.2) is 53.9 Å². The number of carbonyl (C=O) groups excluding carboxylic acids is 1. The van der Waals surface area contributed by atoms with Crippen LogP contribution in [0, 0.1) is 0 Å². The fourth-order valence-corrected chi connectivity index (χ4v) is 4.83. The second-order valence-electron chi connectivity index (χ2n) is 7.93. The van der Waals surface area contributed by atoms with E-state index >= 15 is 0 Å². The molecular weight excluding hydrogens is 454 g/mol. The number of benzene rings is 2. The average Bonchev–Trinajstić information content (AvgIpc) is 3.31. The molecule has 1 heterocycles. The molecule has 0 N–H and O–H groups in total. The van der Waals surface area contributed by atoms with Gasteiger partial charge in [0, 0.05) is 11.3 Å². The van der Waals surface area contributed by atoms with Gasteiger partial charge in [-0.25, -0.2) is 0 Å². The Labute approximate surface area is 203 Å². The number of aromatic nitrogens is 3. The number of hydrogen-bond acceptors (Lipinski definition) is 8. The summed E-state index contributed by atoms with van der Waals surface area (Å²) < 4.78 is 24.1. The smallest absolute Gasteiger partial charge is 0.316 e. The molecule has 2 aromatic carbocycles. The predicted octanol–water partition coefficient (Wildman–Crippen LogP) is 4.93. The minimum Gasteiger partial charge on any atom is -0.493 e. The molecule has 1 aliphatic carbocycles. The fraction of sp³-hybridized carbons (Fsp3) is 0.400. The topological polar surface area (TPSA) is 84.7 Å². The molecule has 1 saturated carbocycles. The minimum atomic E-state index is -0.228. The van der Waals surface area contributed by atoms with Crippen LogP contribution >= 0.6 is 11.8 Å². The van der Waals surface area contributed by atoms with E-state index in [9.17, 15) is 4.79 Å². The molecule has 0 aliphatic heterocycles. The molecule has 9 heteroatoms. The summed E-state index contributed by atoms with van der Waals surface area (Å²) in [5, 5.41) is 9.44. The largest absolute Gasteiger partial charge is 0.493 e. The average molecular weight is 484 g/mol. The minimum absolute atomic E-state index is 0.0311. The van der Waals surface area contributed by atoms with Crippen molar-refractivity contribution >= 4 is 17.7 Å². The summed E-state index contributed by atoms with van der Waals surface area (Å²) in [6, 6.07) is 13.4. The van der Waals surface area contributed by atoms with Crippen LogP contribution in [0.1, 0.15) is 32.1 Å². The molecule has 0 bridgehead atoms. The first-order valence-corrected chi connectivity index (χ1v) is 12.3. The Morgan fingerprint density at radius 2 is 1.65 bits per heavy atom. The van der Waals surface area contributed by atoms with Gasteiger partial charge in [-0.1, -0.05) is 36.4 Å². The summed E-state index contributed by atoms with van der Waals surface area (Å²) in [6.07, 6.45) is 5.37. The van der Waals surface area contributed by atoms with Crippen LogP contribution in [0.2, 0.25) is 0 Å². The monoisotopic (exact) mass is 483 g/mol. The predicted molar refractivity (Wildman–Crippen MR) is 130 cm³/mol. The second kappa shape index (κ2) is 11.3. The molecule has 0 radical (unpaired) electrons. The van der Waals surface area contributed by atoms with Gasteiger partial charge >= 0.3 is 5.97 Å². The lowest BCUT2D eigenvalue weighted by Crippen LogP contribution is -2.22. The summed E-state index contributed by atoms with van der Waals surface area (Å²) in [7, 11) is 4.71. The van der Waals surface area contributed by atoms with Gasteiger partial charge in [-0.15, -0.1) is 10.2 Å². The maximum atomic E-state index is 12.5. The lowest BCUT2D eigenvalue weighted by Gasteiger charge is -2.21. The van der Waals surface area contributed by atoms with Crippen LogP contribution in [0.5, 0.6) is 17.2 Å². The fourth-order valence-electron chi connectivity index (χ4n) is 4.10. The molecule has 1 fully saturated rings. The third-order valence-corrected chi connectivity index (χ3v) is 6.64. The zero-order valence-electron chi connectivity index (χ0n) is 19.7. The van der Waals surface area contributed by atoms with Crippen LogP contribution in [0.3, 0.4) is 0 Å². The van der Waals surface area contributed by atoms with Crippen molar-refractivity contribution in [2.45, 2.75) is 43.4 Å². The van der Waals surface area contributed by atoms with Crippen molar-refractivity contribution < 1.29 is 23.7 Å². The Morgan fingerprint density at radius 3 is 2.26 bits per heavy atom. The maximum Gasteiger partial charge on any atom is 0.316 e. The standard InChI is InChI=1S/C25H29N3O5S/c1-30-20-14-17(15-21(31-2)23(20)32-3)24-26-27-25(28(24)18-10-6-4-7-11-18)34-16-22(29)33-19-12-8-5-9-13-19/h4,6-7,10-11,14-15,19H,5,8-9,12-13,16H2,1-3H3. The highest BCUT2D eigenvalue weighted by atomic mass is 32.2. The number of esters is 1. The van der Waals surface area contributed by atoms with Crippen LogP contribution in [0.15, 0.2) is 47.6 Å². The number of carbonyl (C=O) groups is 1. The molecule has 34 heavy (non-hydrogen) atoms. The van der Waals surface area contributed by atoms with E-state index in [-0.39, 0.29) is 17.8 Å². The van der Waals surface area contributed by atoms with E-state index in [0.29, 0.717) is 28.2 Å². The van der Waals surface area contributed by atoms with E-state index in [4.69, 9.17) is 18.9 Å². The second-order valence-corrected chi connectivity index (χ2v) is 8.87. The molecule has 0 amide bonds. The Hall–Kier alpha value is -3.20. The van der Waals surface area contributed by atoms with Crippen molar-refractivity contribution in [1.29, 1.82) is 0 Å². The first-order chi connectivity index (χ1) is 16.6. The van der Waals surface area contributed by atoms with Gasteiger partial charge in [0.2, 0.25) is 5.75 Å². The number of thioether (sulfide) groups is 1. The zero-order valence-corrected chi connectivity index (χ0v) is 20.5. The molecule has 1 aromatic heterocycles. The van der Waals surface area contributed by atoms with Crippen LogP contribution < -0.4 is 14.2 Å². The molecule has 0 unspecified atom stereocenters. The van der Waals surface area contributed by atoms with Gasteiger partial charge in [-0.2, -0.15) is 0 Å². The number of rotatable bonds is 9. The summed E-state index contributed by atoms with van der Waals surface area (Å²) in [6.45, 7) is 0. The Bertz CT molecular complexity index is 1090. The molecule has 0 saturated heterocycles. The van der Waals surface area contributed by atoms with Crippen LogP contribution in [0.4, 0.5) is 0 Å². The summed E-state index contributed by atoms with van der Waals surface area (Å²) in [4.78, 5) is 12.5. The van der Waals surface area contributed by atoms with Crippen molar-refractivity contribution in [1.82, 2.24) is 14.8 Å². The van der Waals surface area contributed by atoms with Crippen molar-refractivity contribution in [3.05, 3.63) is 42.5 Å². The maximum absolute atomic E-state index is 12.5. The highest BCUT2D eigenvalue weighted by molar-refractivity contribution is 7.99. The van der Waals surface area contributed by atoms with Gasteiger partial charge in [0.15, 0.2) is 22.5 Å². The Kier molecular flexibility index (Phi) is 7.95.